The number of nitrogens with two attached hydrogens (primary N) is 1. The van der Waals surface area contributed by atoms with Gasteiger partial charge in [0.2, 0.25) is 0 Å². The number of carbonyl (C=O) groups excluding carboxylic acids is 1. The van der Waals surface area contributed by atoms with E-state index >= 15 is 0 Å². The molecule has 0 aliphatic heterocycles. The average Bonchev–Trinajstić information content (AvgIpc) is 3.45. The van der Waals surface area contributed by atoms with Crippen LogP contribution in [0.4, 0.5) is 10.6 Å². The zero-order valence-corrected chi connectivity index (χ0v) is 17.6. The summed E-state index contributed by atoms with van der Waals surface area (Å²) in [5.41, 5.74) is 7.53. The van der Waals surface area contributed by atoms with Crippen molar-refractivity contribution in [1.29, 1.82) is 0 Å². The summed E-state index contributed by atoms with van der Waals surface area (Å²) in [6.45, 7) is 5.45. The number of anilines is 1. The Hall–Kier alpha value is -3.68. The third kappa shape index (κ3) is 3.34. The Morgan fingerprint density at radius 1 is 1.10 bits per heavy atom. The van der Waals surface area contributed by atoms with Crippen molar-refractivity contribution in [2.24, 2.45) is 0 Å². The highest BCUT2D eigenvalue weighted by molar-refractivity contribution is 5.96. The van der Waals surface area contributed by atoms with E-state index in [1.165, 1.54) is 9.13 Å². The molecule has 4 aromatic rings. The minimum absolute atomic E-state index is 0.157. The first-order chi connectivity index (χ1) is 14.7. The van der Waals surface area contributed by atoms with Crippen molar-refractivity contribution >= 4 is 33.8 Å². The molecule has 0 unspecified atom stereocenters. The van der Waals surface area contributed by atoms with Crippen molar-refractivity contribution in [3.63, 3.8) is 0 Å². The van der Waals surface area contributed by atoms with Crippen LogP contribution in [-0.4, -0.2) is 30.8 Å². The van der Waals surface area contributed by atoms with E-state index in [-0.39, 0.29) is 5.82 Å². The molecule has 2 N–H and O–H groups in total. The molecule has 1 aliphatic rings. The quantitative estimate of drug-likeness (QED) is 0.529. The molecule has 1 aliphatic carbocycles. The Labute approximate surface area is 178 Å². The van der Waals surface area contributed by atoms with E-state index < -0.39 is 17.4 Å². The molecule has 1 aromatic carbocycles. The van der Waals surface area contributed by atoms with E-state index in [0.717, 1.165) is 18.5 Å². The van der Waals surface area contributed by atoms with Gasteiger partial charge in [-0.15, -0.1) is 0 Å². The van der Waals surface area contributed by atoms with Crippen LogP contribution in [0.1, 0.15) is 45.2 Å². The molecule has 1 saturated carbocycles. The lowest BCUT2D eigenvalue weighted by Crippen LogP contribution is -2.26. The van der Waals surface area contributed by atoms with Gasteiger partial charge in [0.05, 0.1) is 16.6 Å². The fourth-order valence-corrected chi connectivity index (χ4v) is 3.78. The van der Waals surface area contributed by atoms with E-state index in [1.807, 2.05) is 45.0 Å². The molecule has 0 spiro atoms. The Kier molecular flexibility index (Phi) is 4.15. The highest BCUT2D eigenvalue weighted by Crippen LogP contribution is 2.39. The Morgan fingerprint density at radius 3 is 2.58 bits per heavy atom. The van der Waals surface area contributed by atoms with Crippen LogP contribution in [0.3, 0.4) is 0 Å². The molecule has 5 rings (SSSR count). The number of fused-ring (bicyclic) bond motifs is 2. The number of pyridine rings is 1. The van der Waals surface area contributed by atoms with Crippen LogP contribution in [0, 0.1) is 0 Å². The number of aromatic nitrogens is 4. The summed E-state index contributed by atoms with van der Waals surface area (Å²) in [5.74, 6) is 0.580. The second-order valence-corrected chi connectivity index (χ2v) is 8.87. The van der Waals surface area contributed by atoms with Gasteiger partial charge in [-0.05, 0) is 63.9 Å². The van der Waals surface area contributed by atoms with Gasteiger partial charge in [0.25, 0.3) is 0 Å². The number of hydrogen-bond donors (Lipinski definition) is 1. The van der Waals surface area contributed by atoms with E-state index in [1.54, 1.807) is 18.3 Å². The summed E-state index contributed by atoms with van der Waals surface area (Å²) < 4.78 is 8.42. The standard InChI is InChI=1S/C23H23N5O3/c1-23(2,3)31-22(30)27-12-11-14-17(27)5-4-6-18(14)28-20-15(19(24)26-21(28)29)9-10-16(25-20)13-7-8-13/h4-6,9-13H,7-8H2,1-3H3,(H2,24,26,29). The SMILES string of the molecule is CC(C)(C)OC(=O)n1ccc2c(-n3c(=O)nc(N)c4ccc(C5CC5)nc43)cccc21. The molecule has 158 valence electrons. The molecule has 31 heavy (non-hydrogen) atoms. The van der Waals surface area contributed by atoms with E-state index in [9.17, 15) is 9.59 Å². The lowest BCUT2D eigenvalue weighted by Gasteiger charge is -2.20. The van der Waals surface area contributed by atoms with Crippen molar-refractivity contribution in [3.8, 4) is 5.69 Å². The third-order valence-electron chi connectivity index (χ3n) is 5.33. The molecule has 3 aromatic heterocycles. The zero-order valence-electron chi connectivity index (χ0n) is 17.6. The zero-order chi connectivity index (χ0) is 21.9. The van der Waals surface area contributed by atoms with Gasteiger partial charge in [-0.2, -0.15) is 4.98 Å². The van der Waals surface area contributed by atoms with Crippen LogP contribution in [-0.2, 0) is 4.74 Å². The van der Waals surface area contributed by atoms with Gasteiger partial charge in [0, 0.05) is 23.2 Å². The first-order valence-electron chi connectivity index (χ1n) is 10.3. The first kappa shape index (κ1) is 19.3. The van der Waals surface area contributed by atoms with Gasteiger partial charge >= 0.3 is 11.8 Å². The Bertz CT molecular complexity index is 1410. The summed E-state index contributed by atoms with van der Waals surface area (Å²) in [4.78, 5) is 34.4. The maximum absolute atomic E-state index is 13.0. The molecule has 0 saturated heterocycles. The minimum Gasteiger partial charge on any atom is -0.443 e. The monoisotopic (exact) mass is 417 g/mol. The van der Waals surface area contributed by atoms with Gasteiger partial charge in [0.15, 0.2) is 5.65 Å². The van der Waals surface area contributed by atoms with Gasteiger partial charge < -0.3 is 10.5 Å². The fraction of sp³-hybridized carbons (Fsp3) is 0.304. The van der Waals surface area contributed by atoms with Gasteiger partial charge in [-0.25, -0.2) is 19.1 Å². The van der Waals surface area contributed by atoms with Crippen molar-refractivity contribution in [3.05, 3.63) is 58.8 Å². The molecule has 0 amide bonds. The van der Waals surface area contributed by atoms with Crippen LogP contribution >= 0.6 is 0 Å². The molecular weight excluding hydrogens is 394 g/mol. The third-order valence-corrected chi connectivity index (χ3v) is 5.33. The summed E-state index contributed by atoms with van der Waals surface area (Å²) in [6, 6.07) is 11.0. The molecule has 8 nitrogen and oxygen atoms in total. The second-order valence-electron chi connectivity index (χ2n) is 8.87. The van der Waals surface area contributed by atoms with Crippen molar-refractivity contribution < 1.29 is 9.53 Å². The normalized spacial score (nSPS) is 14.3. The molecule has 3 heterocycles. The van der Waals surface area contributed by atoms with Gasteiger partial charge in [0.1, 0.15) is 11.4 Å². The highest BCUT2D eigenvalue weighted by Gasteiger charge is 2.26. The summed E-state index contributed by atoms with van der Waals surface area (Å²) in [6.07, 6.45) is 3.35. The van der Waals surface area contributed by atoms with Crippen LogP contribution in [0.2, 0.25) is 0 Å². The molecule has 1 fully saturated rings. The van der Waals surface area contributed by atoms with Crippen molar-refractivity contribution in [2.75, 3.05) is 5.73 Å². The van der Waals surface area contributed by atoms with Gasteiger partial charge in [-0.1, -0.05) is 6.07 Å². The number of hydrogen-bond acceptors (Lipinski definition) is 6. The molecular formula is C23H23N5O3. The lowest BCUT2D eigenvalue weighted by atomic mass is 10.2. The van der Waals surface area contributed by atoms with E-state index in [4.69, 9.17) is 15.5 Å². The van der Waals surface area contributed by atoms with E-state index in [2.05, 4.69) is 4.98 Å². The smallest absolute Gasteiger partial charge is 0.418 e. The summed E-state index contributed by atoms with van der Waals surface area (Å²) >= 11 is 0. The number of nitrogen functional groups attached to an aromatic ring is 1. The topological polar surface area (TPSA) is 105 Å². The van der Waals surface area contributed by atoms with Gasteiger partial charge in [-0.3, -0.25) is 4.57 Å². The van der Waals surface area contributed by atoms with Crippen molar-refractivity contribution in [1.82, 2.24) is 19.1 Å². The maximum atomic E-state index is 13.0. The number of benzene rings is 1. The Morgan fingerprint density at radius 2 is 1.87 bits per heavy atom. The van der Waals surface area contributed by atoms with E-state index in [0.29, 0.717) is 33.5 Å². The van der Waals surface area contributed by atoms with Crippen LogP contribution in [0.15, 0.2) is 47.4 Å². The van der Waals surface area contributed by atoms with Crippen LogP contribution in [0.25, 0.3) is 27.6 Å². The van der Waals surface area contributed by atoms with Crippen molar-refractivity contribution in [2.45, 2.75) is 45.1 Å². The van der Waals surface area contributed by atoms with Crippen LogP contribution in [0.5, 0.6) is 0 Å². The molecule has 8 heteroatoms. The number of ether oxygens (including phenoxy) is 1. The second kappa shape index (κ2) is 6.66. The highest BCUT2D eigenvalue weighted by atomic mass is 16.6. The lowest BCUT2D eigenvalue weighted by molar-refractivity contribution is 0.0544. The number of carbonyl (C=O) groups is 1. The summed E-state index contributed by atoms with van der Waals surface area (Å²) in [5, 5.41) is 1.33. The molecule has 0 bridgehead atoms. The Balaban J connectivity index is 1.74. The minimum atomic E-state index is -0.623. The average molecular weight is 417 g/mol. The predicted octanol–water partition coefficient (Wildman–Crippen LogP) is 3.98. The fourth-order valence-electron chi connectivity index (χ4n) is 3.78. The first-order valence-corrected chi connectivity index (χ1v) is 10.3. The predicted molar refractivity (Wildman–Crippen MR) is 119 cm³/mol. The summed E-state index contributed by atoms with van der Waals surface area (Å²) in [7, 11) is 0. The number of rotatable bonds is 2. The number of nitrogens with zero attached hydrogens (tertiary/aromatic N) is 4. The maximum Gasteiger partial charge on any atom is 0.418 e. The molecule has 0 atom stereocenters. The largest absolute Gasteiger partial charge is 0.443 e. The molecule has 0 radical (unpaired) electrons. The van der Waals surface area contributed by atoms with Crippen LogP contribution < -0.4 is 11.4 Å².